The molecule has 1 atom stereocenters. The first-order valence-corrected chi connectivity index (χ1v) is 13.0. The zero-order chi connectivity index (χ0) is 28.1. The van der Waals surface area contributed by atoms with E-state index in [0.29, 0.717) is 60.2 Å². The number of carbonyl (C=O) groups excluding carboxylic acids is 4. The van der Waals surface area contributed by atoms with Crippen molar-refractivity contribution < 1.29 is 28.3 Å². The van der Waals surface area contributed by atoms with Crippen LogP contribution in [-0.2, 0) is 9.53 Å². The summed E-state index contributed by atoms with van der Waals surface area (Å²) in [6, 6.07) is 10.6. The number of hydrogen-bond acceptors (Lipinski definition) is 7. The van der Waals surface area contributed by atoms with Crippen LogP contribution < -0.4 is 20.9 Å². The molecule has 2 heterocycles. The largest absolute Gasteiger partial charge is 0.442 e. The Bertz CT molecular complexity index is 1280. The number of anilines is 2. The number of nitrogens with two attached hydrogens (primary N) is 1. The number of ketones is 1. The second kappa shape index (κ2) is 12.2. The van der Waals surface area contributed by atoms with E-state index in [1.807, 2.05) is 4.90 Å². The number of thiocarbonyl (C=S) groups is 1. The SMILES string of the molecule is CC(=S)NC[C@H]1CN(c2ccc(N3CCN(C(=O)CCC(=O)c4ccc(C(N)=O)cc4)CC3)c(F)c2)C(=O)O1. The van der Waals surface area contributed by atoms with Crippen LogP contribution in [0.5, 0.6) is 0 Å². The van der Waals surface area contributed by atoms with E-state index in [-0.39, 0.29) is 37.2 Å². The molecule has 206 valence electrons. The molecule has 4 rings (SSSR count). The standard InChI is InChI=1S/C27H30FN5O5S/c1-17(39)30-15-21-16-33(27(37)38-21)20-6-7-23(22(28)14-20)31-10-12-32(13-11-31)25(35)9-8-24(34)18-2-4-19(5-3-18)26(29)36/h2-7,14,21H,8-13,15-16H2,1H3,(H2,29,36)(H,30,39)/t21-/m0/s1. The van der Waals surface area contributed by atoms with Crippen molar-refractivity contribution in [3.8, 4) is 0 Å². The Kier molecular flexibility index (Phi) is 8.75. The highest BCUT2D eigenvalue weighted by Gasteiger charge is 2.33. The fourth-order valence-corrected chi connectivity index (χ4v) is 4.64. The van der Waals surface area contributed by atoms with Crippen molar-refractivity contribution in [2.24, 2.45) is 5.73 Å². The van der Waals surface area contributed by atoms with Crippen LogP contribution in [-0.4, -0.2) is 79.0 Å². The quantitative estimate of drug-likeness (QED) is 0.357. The first kappa shape index (κ1) is 28.0. The Morgan fingerprint density at radius 3 is 2.33 bits per heavy atom. The lowest BCUT2D eigenvalue weighted by Gasteiger charge is -2.36. The zero-order valence-corrected chi connectivity index (χ0v) is 22.3. The zero-order valence-electron chi connectivity index (χ0n) is 21.5. The molecular weight excluding hydrogens is 525 g/mol. The van der Waals surface area contributed by atoms with E-state index in [0.717, 1.165) is 0 Å². The minimum atomic E-state index is -0.574. The number of hydrogen-bond donors (Lipinski definition) is 2. The second-order valence-corrected chi connectivity index (χ2v) is 10.0. The van der Waals surface area contributed by atoms with Crippen molar-refractivity contribution in [2.45, 2.75) is 25.9 Å². The molecule has 3 N–H and O–H groups in total. The number of Topliss-reactive ketones (excluding diaryl/α,β-unsaturated/α-hetero) is 1. The van der Waals surface area contributed by atoms with Crippen LogP contribution in [0.25, 0.3) is 0 Å². The molecule has 0 saturated carbocycles. The van der Waals surface area contributed by atoms with Gasteiger partial charge in [0, 0.05) is 50.1 Å². The maximum atomic E-state index is 15.1. The molecule has 10 nitrogen and oxygen atoms in total. The van der Waals surface area contributed by atoms with Crippen molar-refractivity contribution in [3.63, 3.8) is 0 Å². The fourth-order valence-electron chi connectivity index (χ4n) is 4.56. The molecule has 0 radical (unpaired) electrons. The number of ether oxygens (including phenoxy) is 1. The number of carbonyl (C=O) groups is 4. The highest BCUT2D eigenvalue weighted by Crippen LogP contribution is 2.28. The lowest BCUT2D eigenvalue weighted by Crippen LogP contribution is -2.49. The number of benzene rings is 2. The number of amides is 3. The average Bonchev–Trinajstić information content (AvgIpc) is 3.30. The number of halogens is 1. The van der Waals surface area contributed by atoms with Crippen LogP contribution in [0.2, 0.25) is 0 Å². The summed E-state index contributed by atoms with van der Waals surface area (Å²) < 4.78 is 20.4. The molecule has 0 bridgehead atoms. The van der Waals surface area contributed by atoms with Gasteiger partial charge < -0.3 is 25.6 Å². The molecule has 2 fully saturated rings. The van der Waals surface area contributed by atoms with Crippen molar-refractivity contribution in [1.82, 2.24) is 10.2 Å². The number of nitrogens with one attached hydrogen (secondary N) is 1. The van der Waals surface area contributed by atoms with Crippen LogP contribution in [0.15, 0.2) is 42.5 Å². The Hall–Kier alpha value is -4.06. The molecule has 2 aromatic carbocycles. The molecule has 0 aromatic heterocycles. The van der Waals surface area contributed by atoms with Gasteiger partial charge in [-0.1, -0.05) is 24.4 Å². The van der Waals surface area contributed by atoms with Crippen molar-refractivity contribution in [3.05, 3.63) is 59.4 Å². The summed E-state index contributed by atoms with van der Waals surface area (Å²) >= 11 is 4.98. The topological polar surface area (TPSA) is 125 Å². The van der Waals surface area contributed by atoms with Crippen LogP contribution in [0.3, 0.4) is 0 Å². The van der Waals surface area contributed by atoms with E-state index in [4.69, 9.17) is 22.7 Å². The van der Waals surface area contributed by atoms with E-state index in [1.54, 1.807) is 24.0 Å². The van der Waals surface area contributed by atoms with Crippen molar-refractivity contribution >= 4 is 52.3 Å². The Balaban J connectivity index is 1.27. The molecule has 2 aliphatic rings. The summed E-state index contributed by atoms with van der Waals surface area (Å²) in [6.07, 6.45) is -0.816. The Morgan fingerprint density at radius 2 is 1.72 bits per heavy atom. The van der Waals surface area contributed by atoms with Gasteiger partial charge in [-0.3, -0.25) is 19.3 Å². The third-order valence-electron chi connectivity index (χ3n) is 6.73. The fraction of sp³-hybridized carbons (Fsp3) is 0.370. The summed E-state index contributed by atoms with van der Waals surface area (Å²) in [6.45, 7) is 4.07. The molecule has 2 aliphatic heterocycles. The number of nitrogens with zero attached hydrogens (tertiary/aromatic N) is 3. The third kappa shape index (κ3) is 6.88. The maximum absolute atomic E-state index is 15.1. The van der Waals surface area contributed by atoms with Crippen LogP contribution in [0.4, 0.5) is 20.6 Å². The summed E-state index contributed by atoms with van der Waals surface area (Å²) in [7, 11) is 0. The molecule has 2 aromatic rings. The van der Waals surface area contributed by atoms with Gasteiger partial charge in [-0.25, -0.2) is 9.18 Å². The molecule has 12 heteroatoms. The number of cyclic esters (lactones) is 1. The summed E-state index contributed by atoms with van der Waals surface area (Å²) in [5, 5.41) is 2.97. The predicted molar refractivity (Wildman–Crippen MR) is 148 cm³/mol. The molecule has 3 amide bonds. The van der Waals surface area contributed by atoms with Gasteiger partial charge in [0.15, 0.2) is 5.78 Å². The number of piperazine rings is 1. The van der Waals surface area contributed by atoms with Gasteiger partial charge in [0.05, 0.1) is 29.5 Å². The van der Waals surface area contributed by atoms with Gasteiger partial charge in [0.25, 0.3) is 0 Å². The monoisotopic (exact) mass is 555 g/mol. The van der Waals surface area contributed by atoms with Crippen molar-refractivity contribution in [2.75, 3.05) is 49.1 Å². The first-order valence-electron chi connectivity index (χ1n) is 12.6. The first-order chi connectivity index (χ1) is 18.6. The summed E-state index contributed by atoms with van der Waals surface area (Å²) in [4.78, 5) is 54.1. The summed E-state index contributed by atoms with van der Waals surface area (Å²) in [5.74, 6) is -1.38. The normalized spacial score (nSPS) is 17.1. The number of primary amides is 1. The lowest BCUT2D eigenvalue weighted by molar-refractivity contribution is -0.131. The molecule has 0 aliphatic carbocycles. The maximum Gasteiger partial charge on any atom is 0.414 e. The average molecular weight is 556 g/mol. The number of rotatable bonds is 9. The van der Waals surface area contributed by atoms with Gasteiger partial charge in [-0.05, 0) is 37.3 Å². The smallest absolute Gasteiger partial charge is 0.414 e. The third-order valence-corrected chi connectivity index (χ3v) is 6.87. The minimum Gasteiger partial charge on any atom is -0.442 e. The van der Waals surface area contributed by atoms with E-state index in [2.05, 4.69) is 5.32 Å². The van der Waals surface area contributed by atoms with Gasteiger partial charge in [0.1, 0.15) is 11.9 Å². The highest BCUT2D eigenvalue weighted by atomic mass is 32.1. The van der Waals surface area contributed by atoms with Gasteiger partial charge >= 0.3 is 6.09 Å². The lowest BCUT2D eigenvalue weighted by atomic mass is 10.0. The highest BCUT2D eigenvalue weighted by molar-refractivity contribution is 7.80. The van der Waals surface area contributed by atoms with Crippen LogP contribution >= 0.6 is 12.2 Å². The van der Waals surface area contributed by atoms with Gasteiger partial charge in [-0.15, -0.1) is 0 Å². The Morgan fingerprint density at radius 1 is 1.05 bits per heavy atom. The van der Waals surface area contributed by atoms with Gasteiger partial charge in [-0.2, -0.15) is 0 Å². The van der Waals surface area contributed by atoms with Crippen LogP contribution in [0, 0.1) is 5.82 Å². The van der Waals surface area contributed by atoms with Crippen LogP contribution in [0.1, 0.15) is 40.5 Å². The van der Waals surface area contributed by atoms with Crippen molar-refractivity contribution in [1.29, 1.82) is 0 Å². The van der Waals surface area contributed by atoms with E-state index < -0.39 is 17.8 Å². The molecule has 39 heavy (non-hydrogen) atoms. The molecular formula is C27H30FN5O5S. The molecule has 0 unspecified atom stereocenters. The summed E-state index contributed by atoms with van der Waals surface area (Å²) in [5.41, 5.74) is 6.73. The Labute approximate surface area is 230 Å². The molecule has 0 spiro atoms. The van der Waals surface area contributed by atoms with E-state index in [9.17, 15) is 19.2 Å². The molecule has 2 saturated heterocycles. The second-order valence-electron chi connectivity index (χ2n) is 9.42. The van der Waals surface area contributed by atoms with E-state index >= 15 is 4.39 Å². The minimum absolute atomic E-state index is 0.0477. The predicted octanol–water partition coefficient (Wildman–Crippen LogP) is 2.50. The van der Waals surface area contributed by atoms with Gasteiger partial charge in [0.2, 0.25) is 11.8 Å². The van der Waals surface area contributed by atoms with E-state index in [1.165, 1.54) is 35.2 Å².